The maximum atomic E-state index is 10.2. The predicted octanol–water partition coefficient (Wildman–Crippen LogP) is 6.67. The van der Waals surface area contributed by atoms with Gasteiger partial charge in [0.25, 0.3) is 0 Å². The summed E-state index contributed by atoms with van der Waals surface area (Å²) in [5.74, 6) is 2.71. The van der Waals surface area contributed by atoms with Gasteiger partial charge < -0.3 is 14.7 Å². The molecule has 0 spiro atoms. The zero-order valence-electron chi connectivity index (χ0n) is 19.2. The number of aromatic hydroxyl groups is 1. The third-order valence-corrected chi connectivity index (χ3v) is 8.05. The monoisotopic (exact) mass is 459 g/mol. The molecule has 0 amide bonds. The van der Waals surface area contributed by atoms with Gasteiger partial charge in [-0.2, -0.15) is 0 Å². The number of phenols is 1. The lowest BCUT2D eigenvalue weighted by molar-refractivity contribution is 0.248. The third kappa shape index (κ3) is 5.39. The number of nitrogens with zero attached hydrogens (tertiary/aromatic N) is 1. The van der Waals surface area contributed by atoms with Crippen molar-refractivity contribution in [1.82, 2.24) is 4.90 Å². The molecule has 4 heteroatoms. The van der Waals surface area contributed by atoms with Gasteiger partial charge in [0, 0.05) is 22.3 Å². The lowest BCUT2D eigenvalue weighted by atomic mass is 9.76. The first-order chi connectivity index (χ1) is 16.3. The summed E-state index contributed by atoms with van der Waals surface area (Å²) in [7, 11) is 0. The molecular formula is C29H33NO2S. The zero-order valence-corrected chi connectivity index (χ0v) is 20.0. The Morgan fingerprint density at radius 1 is 0.879 bits per heavy atom. The van der Waals surface area contributed by atoms with E-state index in [1.165, 1.54) is 67.1 Å². The fraction of sp³-hybridized carbons (Fsp3) is 0.379. The number of rotatable bonds is 8. The number of thioether (sulfide) groups is 1. The van der Waals surface area contributed by atoms with E-state index in [0.29, 0.717) is 6.61 Å². The van der Waals surface area contributed by atoms with Crippen molar-refractivity contribution in [2.75, 3.05) is 32.0 Å². The SMILES string of the molecule is Oc1ccc2c(c1)C(c1ccc(SCCCCN3CCCC3)cc1)C(c1ccccc1)CO2. The van der Waals surface area contributed by atoms with Crippen LogP contribution in [0.5, 0.6) is 11.5 Å². The molecule has 2 aliphatic heterocycles. The number of fused-ring (bicyclic) bond motifs is 1. The van der Waals surface area contributed by atoms with Gasteiger partial charge in [-0.3, -0.25) is 0 Å². The van der Waals surface area contributed by atoms with Gasteiger partial charge in [-0.05, 0) is 92.5 Å². The minimum absolute atomic E-state index is 0.155. The summed E-state index contributed by atoms with van der Waals surface area (Å²) in [6, 6.07) is 25.1. The Labute approximate surface area is 201 Å². The van der Waals surface area contributed by atoms with Crippen LogP contribution >= 0.6 is 11.8 Å². The summed E-state index contributed by atoms with van der Waals surface area (Å²) >= 11 is 1.96. The van der Waals surface area contributed by atoms with Crippen LogP contribution in [0.25, 0.3) is 0 Å². The molecule has 3 aromatic carbocycles. The fourth-order valence-corrected chi connectivity index (χ4v) is 6.12. The van der Waals surface area contributed by atoms with Crippen molar-refractivity contribution in [3.05, 3.63) is 89.5 Å². The summed E-state index contributed by atoms with van der Waals surface area (Å²) in [6.45, 7) is 4.49. The van der Waals surface area contributed by atoms with Gasteiger partial charge in [-0.25, -0.2) is 0 Å². The largest absolute Gasteiger partial charge is 0.508 e. The molecule has 2 atom stereocenters. The van der Waals surface area contributed by atoms with Crippen LogP contribution in [-0.2, 0) is 0 Å². The summed E-state index contributed by atoms with van der Waals surface area (Å²) < 4.78 is 6.12. The smallest absolute Gasteiger partial charge is 0.123 e. The van der Waals surface area contributed by atoms with Crippen molar-refractivity contribution in [2.45, 2.75) is 42.4 Å². The topological polar surface area (TPSA) is 32.7 Å². The minimum atomic E-state index is 0.155. The molecule has 1 fully saturated rings. The van der Waals surface area contributed by atoms with Crippen LogP contribution in [0.3, 0.4) is 0 Å². The van der Waals surface area contributed by atoms with E-state index in [2.05, 4.69) is 59.5 Å². The number of hydrogen-bond acceptors (Lipinski definition) is 4. The highest BCUT2D eigenvalue weighted by Crippen LogP contribution is 2.47. The standard InChI is InChI=1S/C29H33NO2S/c31-24-12-15-28-26(20-24)29(27(21-32-28)22-8-2-1-3-9-22)23-10-13-25(14-11-23)33-19-7-6-18-30-16-4-5-17-30/h1-3,8-15,20,27,29,31H,4-7,16-19,21H2. The Balaban J connectivity index is 1.29. The molecule has 3 aromatic rings. The van der Waals surface area contributed by atoms with Gasteiger partial charge in [0.1, 0.15) is 11.5 Å². The second-order valence-corrected chi connectivity index (χ2v) is 10.4. The molecular weight excluding hydrogens is 426 g/mol. The van der Waals surface area contributed by atoms with Crippen molar-refractivity contribution in [1.29, 1.82) is 0 Å². The number of ether oxygens (including phenoxy) is 1. The minimum Gasteiger partial charge on any atom is -0.508 e. The van der Waals surface area contributed by atoms with Crippen molar-refractivity contribution in [3.63, 3.8) is 0 Å². The van der Waals surface area contributed by atoms with Gasteiger partial charge in [0.2, 0.25) is 0 Å². The maximum absolute atomic E-state index is 10.2. The van der Waals surface area contributed by atoms with Crippen molar-refractivity contribution >= 4 is 11.8 Å². The highest BCUT2D eigenvalue weighted by Gasteiger charge is 2.33. The molecule has 1 N–H and O–H groups in total. The van der Waals surface area contributed by atoms with Crippen molar-refractivity contribution in [2.24, 2.45) is 0 Å². The lowest BCUT2D eigenvalue weighted by Gasteiger charge is -2.34. The molecule has 2 unspecified atom stereocenters. The molecule has 5 rings (SSSR count). The van der Waals surface area contributed by atoms with E-state index >= 15 is 0 Å². The van der Waals surface area contributed by atoms with Gasteiger partial charge in [-0.15, -0.1) is 11.8 Å². The average molecular weight is 460 g/mol. The molecule has 0 aromatic heterocycles. The normalized spacial score (nSPS) is 20.4. The van der Waals surface area contributed by atoms with Gasteiger partial charge in [0.05, 0.1) is 6.61 Å². The maximum Gasteiger partial charge on any atom is 0.123 e. The Kier molecular flexibility index (Phi) is 7.23. The highest BCUT2D eigenvalue weighted by molar-refractivity contribution is 7.99. The van der Waals surface area contributed by atoms with Crippen LogP contribution in [0.4, 0.5) is 0 Å². The van der Waals surface area contributed by atoms with Gasteiger partial charge in [-0.1, -0.05) is 42.5 Å². The summed E-state index contributed by atoms with van der Waals surface area (Å²) in [5.41, 5.74) is 3.61. The second kappa shape index (κ2) is 10.7. The van der Waals surface area contributed by atoms with Crippen LogP contribution in [0.15, 0.2) is 77.7 Å². The molecule has 33 heavy (non-hydrogen) atoms. The van der Waals surface area contributed by atoms with Crippen LogP contribution in [0.1, 0.15) is 54.2 Å². The van der Waals surface area contributed by atoms with Crippen LogP contribution in [0, 0.1) is 0 Å². The number of phenolic OH excluding ortho intramolecular Hbond substituents is 1. The molecule has 2 heterocycles. The van der Waals surface area contributed by atoms with Crippen LogP contribution in [-0.4, -0.2) is 42.0 Å². The summed E-state index contributed by atoms with van der Waals surface area (Å²) in [5, 5.41) is 10.2. The Morgan fingerprint density at radius 3 is 2.45 bits per heavy atom. The number of likely N-dealkylation sites (tertiary alicyclic amines) is 1. The molecule has 0 saturated carbocycles. The Morgan fingerprint density at radius 2 is 1.67 bits per heavy atom. The Bertz CT molecular complexity index is 1030. The van der Waals surface area contributed by atoms with Crippen molar-refractivity contribution < 1.29 is 9.84 Å². The van der Waals surface area contributed by atoms with E-state index < -0.39 is 0 Å². The summed E-state index contributed by atoms with van der Waals surface area (Å²) in [6.07, 6.45) is 5.32. The van der Waals surface area contributed by atoms with E-state index in [1.807, 2.05) is 23.9 Å². The molecule has 1 saturated heterocycles. The number of benzene rings is 3. The fourth-order valence-electron chi connectivity index (χ4n) is 5.21. The molecule has 172 valence electrons. The quantitative estimate of drug-likeness (QED) is 0.301. The van der Waals surface area contributed by atoms with Crippen LogP contribution in [0.2, 0.25) is 0 Å². The lowest BCUT2D eigenvalue weighted by Crippen LogP contribution is -2.25. The first-order valence-corrected chi connectivity index (χ1v) is 13.2. The second-order valence-electron chi connectivity index (χ2n) is 9.20. The molecule has 0 aliphatic carbocycles. The van der Waals surface area contributed by atoms with Gasteiger partial charge >= 0.3 is 0 Å². The van der Waals surface area contributed by atoms with Crippen LogP contribution < -0.4 is 4.74 Å². The first kappa shape index (κ1) is 22.4. The molecule has 0 bridgehead atoms. The van der Waals surface area contributed by atoms with E-state index in [1.54, 1.807) is 6.07 Å². The number of unbranched alkanes of at least 4 members (excludes halogenated alkanes) is 1. The molecule has 3 nitrogen and oxygen atoms in total. The predicted molar refractivity (Wildman–Crippen MR) is 137 cm³/mol. The molecule has 2 aliphatic rings. The Hall–Kier alpha value is -2.43. The average Bonchev–Trinajstić information content (AvgIpc) is 3.38. The third-order valence-electron chi connectivity index (χ3n) is 6.95. The van der Waals surface area contributed by atoms with Gasteiger partial charge in [0.15, 0.2) is 0 Å². The van der Waals surface area contributed by atoms with E-state index in [0.717, 1.165) is 11.3 Å². The molecule has 0 radical (unpaired) electrons. The van der Waals surface area contributed by atoms with E-state index in [-0.39, 0.29) is 17.6 Å². The van der Waals surface area contributed by atoms with E-state index in [9.17, 15) is 5.11 Å². The summed E-state index contributed by atoms with van der Waals surface area (Å²) in [4.78, 5) is 3.94. The van der Waals surface area contributed by atoms with E-state index in [4.69, 9.17) is 4.74 Å². The number of hydrogen-bond donors (Lipinski definition) is 1. The first-order valence-electron chi connectivity index (χ1n) is 12.2. The zero-order chi connectivity index (χ0) is 22.5. The highest BCUT2D eigenvalue weighted by atomic mass is 32.2. The van der Waals surface area contributed by atoms with Crippen molar-refractivity contribution in [3.8, 4) is 11.5 Å².